The van der Waals surface area contributed by atoms with Crippen molar-refractivity contribution < 1.29 is 14.3 Å². The summed E-state index contributed by atoms with van der Waals surface area (Å²) in [5.41, 5.74) is 1.12. The summed E-state index contributed by atoms with van der Waals surface area (Å²) in [4.78, 5) is 10.8. The van der Waals surface area contributed by atoms with Crippen LogP contribution in [0.2, 0.25) is 0 Å². The van der Waals surface area contributed by atoms with Crippen LogP contribution < -0.4 is 0 Å². The first kappa shape index (κ1) is 12.6. The second-order valence-corrected chi connectivity index (χ2v) is 5.50. The summed E-state index contributed by atoms with van der Waals surface area (Å²) >= 11 is 3.20. The summed E-state index contributed by atoms with van der Waals surface area (Å²) in [5.74, 6) is -1.17. The molecule has 2 nitrogen and oxygen atoms in total. The van der Waals surface area contributed by atoms with Crippen molar-refractivity contribution in [2.24, 2.45) is 0 Å². The summed E-state index contributed by atoms with van der Waals surface area (Å²) < 4.78 is 14.5. The number of hydrogen-bond acceptors (Lipinski definition) is 1. The minimum atomic E-state index is -0.861. The maximum absolute atomic E-state index is 14.1. The number of aryl methyl sites for hydroxylation is 1. The maximum atomic E-state index is 14.1. The molecule has 0 spiro atoms. The lowest BCUT2D eigenvalue weighted by molar-refractivity contribution is -0.137. The molecule has 0 unspecified atom stereocenters. The largest absolute Gasteiger partial charge is 0.481 e. The highest BCUT2D eigenvalue weighted by Gasteiger charge is 2.48. The van der Waals surface area contributed by atoms with Crippen LogP contribution in [-0.4, -0.2) is 11.1 Å². The molecule has 1 aromatic carbocycles. The van der Waals surface area contributed by atoms with Gasteiger partial charge in [0.25, 0.3) is 0 Å². The molecule has 0 saturated heterocycles. The second-order valence-electron chi connectivity index (χ2n) is 4.64. The summed E-state index contributed by atoms with van der Waals surface area (Å²) in [7, 11) is 0. The average molecular weight is 301 g/mol. The van der Waals surface area contributed by atoms with Crippen molar-refractivity contribution in [3.05, 3.63) is 33.5 Å². The zero-order valence-electron chi connectivity index (χ0n) is 9.59. The molecule has 1 aromatic rings. The van der Waals surface area contributed by atoms with Crippen molar-refractivity contribution in [1.29, 1.82) is 0 Å². The van der Waals surface area contributed by atoms with Crippen LogP contribution >= 0.6 is 15.9 Å². The SMILES string of the molecule is CCc1cc(Br)c(F)c(C2(CC(=O)O)CC2)c1. The first-order chi connectivity index (χ1) is 7.98. The van der Waals surface area contributed by atoms with Crippen molar-refractivity contribution in [1.82, 2.24) is 0 Å². The topological polar surface area (TPSA) is 37.3 Å². The van der Waals surface area contributed by atoms with Crippen LogP contribution in [0, 0.1) is 5.82 Å². The molecule has 4 heteroatoms. The van der Waals surface area contributed by atoms with E-state index in [-0.39, 0.29) is 12.2 Å². The van der Waals surface area contributed by atoms with E-state index in [1.54, 1.807) is 6.07 Å². The van der Waals surface area contributed by atoms with E-state index in [4.69, 9.17) is 5.11 Å². The molecular weight excluding hydrogens is 287 g/mol. The first-order valence-corrected chi connectivity index (χ1v) is 6.48. The fraction of sp³-hybridized carbons (Fsp3) is 0.462. The number of halogens is 2. The van der Waals surface area contributed by atoms with E-state index in [1.807, 2.05) is 13.0 Å². The fourth-order valence-corrected chi connectivity index (χ4v) is 2.72. The minimum absolute atomic E-state index is 0.0174. The zero-order valence-corrected chi connectivity index (χ0v) is 11.2. The predicted octanol–water partition coefficient (Wildman–Crippen LogP) is 3.66. The van der Waals surface area contributed by atoms with Crippen molar-refractivity contribution in [3.63, 3.8) is 0 Å². The Bertz CT molecular complexity index is 467. The van der Waals surface area contributed by atoms with Crippen LogP contribution in [0.15, 0.2) is 16.6 Å². The summed E-state index contributed by atoms with van der Waals surface area (Å²) in [6, 6.07) is 3.58. The Balaban J connectivity index is 2.44. The van der Waals surface area contributed by atoms with Gasteiger partial charge in [-0.25, -0.2) is 4.39 Å². The van der Waals surface area contributed by atoms with Crippen LogP contribution in [0.5, 0.6) is 0 Å². The predicted molar refractivity (Wildman–Crippen MR) is 66.6 cm³/mol. The molecule has 1 aliphatic rings. The molecule has 0 atom stereocenters. The number of rotatable bonds is 4. The van der Waals surface area contributed by atoms with Gasteiger partial charge < -0.3 is 5.11 Å². The van der Waals surface area contributed by atoms with Gasteiger partial charge in [-0.3, -0.25) is 4.79 Å². The molecule has 0 aromatic heterocycles. The minimum Gasteiger partial charge on any atom is -0.481 e. The highest BCUT2D eigenvalue weighted by molar-refractivity contribution is 9.10. The van der Waals surface area contributed by atoms with Crippen molar-refractivity contribution in [3.8, 4) is 0 Å². The van der Waals surface area contributed by atoms with Crippen LogP contribution in [0.1, 0.15) is 37.3 Å². The quantitative estimate of drug-likeness (QED) is 0.921. The third-order valence-corrected chi connectivity index (χ3v) is 3.99. The normalized spacial score (nSPS) is 16.9. The third kappa shape index (κ3) is 2.37. The molecule has 1 aliphatic carbocycles. The molecule has 0 bridgehead atoms. The van der Waals surface area contributed by atoms with E-state index < -0.39 is 11.4 Å². The van der Waals surface area contributed by atoms with E-state index in [9.17, 15) is 9.18 Å². The van der Waals surface area contributed by atoms with Gasteiger partial charge in [-0.2, -0.15) is 0 Å². The molecule has 92 valence electrons. The smallest absolute Gasteiger partial charge is 0.304 e. The van der Waals surface area contributed by atoms with Crippen molar-refractivity contribution in [2.45, 2.75) is 38.0 Å². The summed E-state index contributed by atoms with van der Waals surface area (Å²) in [5, 5.41) is 8.90. The Morgan fingerprint density at radius 2 is 2.18 bits per heavy atom. The van der Waals surface area contributed by atoms with Gasteiger partial charge in [0, 0.05) is 5.41 Å². The monoisotopic (exact) mass is 300 g/mol. The third-order valence-electron chi connectivity index (χ3n) is 3.41. The molecule has 1 saturated carbocycles. The lowest BCUT2D eigenvalue weighted by atomic mass is 9.90. The lowest BCUT2D eigenvalue weighted by Gasteiger charge is -2.16. The number of carbonyl (C=O) groups is 1. The van der Waals surface area contributed by atoms with Crippen LogP contribution in [0.25, 0.3) is 0 Å². The molecule has 0 radical (unpaired) electrons. The Hall–Kier alpha value is -0.900. The standard InChI is InChI=1S/C13H14BrFO2/c1-2-8-5-9(12(15)10(14)6-8)13(3-4-13)7-11(16)17/h5-6H,2-4,7H2,1H3,(H,16,17). The average Bonchev–Trinajstić information content (AvgIpc) is 3.01. The van der Waals surface area contributed by atoms with E-state index >= 15 is 0 Å². The fourth-order valence-electron chi connectivity index (χ4n) is 2.22. The number of hydrogen-bond donors (Lipinski definition) is 1. The van der Waals surface area contributed by atoms with Crippen LogP contribution in [0.4, 0.5) is 4.39 Å². The van der Waals surface area contributed by atoms with Gasteiger partial charge in [0.2, 0.25) is 0 Å². The Morgan fingerprint density at radius 1 is 1.53 bits per heavy atom. The number of carboxylic acids is 1. The van der Waals surface area contributed by atoms with Crippen LogP contribution in [0.3, 0.4) is 0 Å². The Kier molecular flexibility index (Phi) is 3.25. The Morgan fingerprint density at radius 3 is 2.65 bits per heavy atom. The molecule has 2 rings (SSSR count). The second kappa shape index (κ2) is 4.41. The van der Waals surface area contributed by atoms with E-state index in [0.717, 1.165) is 24.8 Å². The number of carboxylic acid groups (broad SMARTS) is 1. The highest BCUT2D eigenvalue weighted by atomic mass is 79.9. The zero-order chi connectivity index (χ0) is 12.6. The molecule has 1 N–H and O–H groups in total. The van der Waals surface area contributed by atoms with E-state index in [0.29, 0.717) is 10.0 Å². The molecular formula is C13H14BrFO2. The summed E-state index contributed by atoms with van der Waals surface area (Å²) in [6.45, 7) is 2.00. The molecule has 17 heavy (non-hydrogen) atoms. The van der Waals surface area contributed by atoms with Crippen molar-refractivity contribution >= 4 is 21.9 Å². The van der Waals surface area contributed by atoms with Gasteiger partial charge in [-0.15, -0.1) is 0 Å². The highest BCUT2D eigenvalue weighted by Crippen LogP contribution is 2.52. The molecule has 1 fully saturated rings. The van der Waals surface area contributed by atoms with Gasteiger partial charge in [0.05, 0.1) is 10.9 Å². The van der Waals surface area contributed by atoms with Crippen LogP contribution in [-0.2, 0) is 16.6 Å². The lowest BCUT2D eigenvalue weighted by Crippen LogP contribution is -2.15. The number of benzene rings is 1. The van der Waals surface area contributed by atoms with Gasteiger partial charge in [-0.1, -0.05) is 13.0 Å². The van der Waals surface area contributed by atoms with Crippen molar-refractivity contribution in [2.75, 3.05) is 0 Å². The Labute approximate surface area is 108 Å². The van der Waals surface area contributed by atoms with E-state index in [1.165, 1.54) is 0 Å². The van der Waals surface area contributed by atoms with E-state index in [2.05, 4.69) is 15.9 Å². The maximum Gasteiger partial charge on any atom is 0.304 e. The van der Waals surface area contributed by atoms with Gasteiger partial charge in [-0.05, 0) is 52.4 Å². The molecule has 0 aliphatic heterocycles. The van der Waals surface area contributed by atoms with Gasteiger partial charge in [0.15, 0.2) is 0 Å². The number of aliphatic carboxylic acids is 1. The molecule has 0 amide bonds. The summed E-state index contributed by atoms with van der Waals surface area (Å²) in [6.07, 6.45) is 2.35. The first-order valence-electron chi connectivity index (χ1n) is 5.69. The van der Waals surface area contributed by atoms with Gasteiger partial charge in [0.1, 0.15) is 5.82 Å². The molecule has 0 heterocycles. The van der Waals surface area contributed by atoms with Gasteiger partial charge >= 0.3 is 5.97 Å².